The summed E-state index contributed by atoms with van der Waals surface area (Å²) in [5.74, 6) is -1.75. The Labute approximate surface area is 115 Å². The lowest BCUT2D eigenvalue weighted by atomic mass is 9.88. The maximum atomic E-state index is 12.2. The normalized spacial score (nSPS) is 22.3. The van der Waals surface area contributed by atoms with Gasteiger partial charge in [-0.05, 0) is 25.0 Å². The highest BCUT2D eigenvalue weighted by Crippen LogP contribution is 2.34. The van der Waals surface area contributed by atoms with Gasteiger partial charge in [-0.1, -0.05) is 41.9 Å². The van der Waals surface area contributed by atoms with E-state index in [1.165, 1.54) is 0 Å². The minimum absolute atomic E-state index is 0. The van der Waals surface area contributed by atoms with Crippen molar-refractivity contribution in [2.75, 3.05) is 0 Å². The lowest BCUT2D eigenvalue weighted by Gasteiger charge is -2.14. The van der Waals surface area contributed by atoms with Crippen molar-refractivity contribution in [1.82, 2.24) is 0 Å². The van der Waals surface area contributed by atoms with Crippen molar-refractivity contribution < 1.29 is 14.7 Å². The zero-order chi connectivity index (χ0) is 12.4. The number of halogens is 1. The van der Waals surface area contributed by atoms with Crippen LogP contribution in [0.1, 0.15) is 37.0 Å². The number of Topliss-reactive ketones (excluding diaryl/α,β-unsaturated/α-hetero) is 1. The average molecular weight is 313 g/mol. The average Bonchev–Trinajstić information content (AvgIpc) is 2.78. The summed E-state index contributed by atoms with van der Waals surface area (Å²) in [7, 11) is 0. The third-order valence-corrected chi connectivity index (χ3v) is 3.83. The van der Waals surface area contributed by atoms with Crippen LogP contribution >= 0.6 is 15.9 Å². The van der Waals surface area contributed by atoms with Crippen LogP contribution in [0.15, 0.2) is 28.7 Å². The van der Waals surface area contributed by atoms with Crippen molar-refractivity contribution in [2.45, 2.75) is 26.7 Å². The highest BCUT2D eigenvalue weighted by molar-refractivity contribution is 9.10. The predicted octanol–water partition coefficient (Wildman–Crippen LogP) is 3.77. The standard InChI is InChI=1S/C13H13BrO3.CH4/c14-9-6-4-8(5-7-9)12(15)10-2-1-3-11(10)13(16)17;/h4-7,10-11H,1-3H2,(H,16,17);1H4/t10-,11-;/m1./s1. The molecule has 0 bridgehead atoms. The Hall–Kier alpha value is -1.16. The second kappa shape index (κ2) is 6.14. The Balaban J connectivity index is 0.00000162. The van der Waals surface area contributed by atoms with Crippen LogP contribution in [0.2, 0.25) is 0 Å². The van der Waals surface area contributed by atoms with Gasteiger partial charge in [-0.25, -0.2) is 0 Å². The van der Waals surface area contributed by atoms with Gasteiger partial charge in [0.2, 0.25) is 0 Å². The van der Waals surface area contributed by atoms with Crippen LogP contribution in [0.4, 0.5) is 0 Å². The van der Waals surface area contributed by atoms with E-state index in [0.29, 0.717) is 18.4 Å². The van der Waals surface area contributed by atoms with Crippen molar-refractivity contribution in [2.24, 2.45) is 11.8 Å². The number of rotatable bonds is 3. The molecule has 1 aromatic carbocycles. The molecule has 4 heteroatoms. The number of hydrogen-bond acceptors (Lipinski definition) is 2. The van der Waals surface area contributed by atoms with Crippen molar-refractivity contribution in [3.05, 3.63) is 34.3 Å². The summed E-state index contributed by atoms with van der Waals surface area (Å²) in [5, 5.41) is 9.06. The number of benzene rings is 1. The molecule has 0 amide bonds. The van der Waals surface area contributed by atoms with Crippen LogP contribution in [0, 0.1) is 11.8 Å². The molecule has 18 heavy (non-hydrogen) atoms. The van der Waals surface area contributed by atoms with Gasteiger partial charge < -0.3 is 5.11 Å². The topological polar surface area (TPSA) is 54.4 Å². The van der Waals surface area contributed by atoms with E-state index in [0.717, 1.165) is 10.9 Å². The van der Waals surface area contributed by atoms with E-state index < -0.39 is 11.9 Å². The number of carbonyl (C=O) groups excluding carboxylic acids is 1. The highest BCUT2D eigenvalue weighted by Gasteiger charge is 2.37. The molecule has 0 radical (unpaired) electrons. The lowest BCUT2D eigenvalue weighted by Crippen LogP contribution is -2.25. The third kappa shape index (κ3) is 2.99. The molecule has 1 fully saturated rings. The Kier molecular flexibility index (Phi) is 5.08. The molecule has 98 valence electrons. The van der Waals surface area contributed by atoms with Gasteiger partial charge >= 0.3 is 5.97 Å². The Morgan fingerprint density at radius 1 is 1.11 bits per heavy atom. The van der Waals surface area contributed by atoms with Gasteiger partial charge in [0.25, 0.3) is 0 Å². The van der Waals surface area contributed by atoms with Crippen molar-refractivity contribution in [3.63, 3.8) is 0 Å². The van der Waals surface area contributed by atoms with Crippen molar-refractivity contribution in [1.29, 1.82) is 0 Å². The third-order valence-electron chi connectivity index (χ3n) is 3.30. The Bertz CT molecular complexity index is 439. The summed E-state index contributed by atoms with van der Waals surface area (Å²) in [6.45, 7) is 0. The molecule has 1 N–H and O–H groups in total. The zero-order valence-corrected chi connectivity index (χ0v) is 10.8. The SMILES string of the molecule is C.O=C(O)[C@@H]1CCC[C@H]1C(=O)c1ccc(Br)cc1. The van der Waals surface area contributed by atoms with Gasteiger partial charge in [0.15, 0.2) is 5.78 Å². The number of carbonyl (C=O) groups is 2. The molecule has 3 nitrogen and oxygen atoms in total. The fourth-order valence-corrected chi connectivity index (χ4v) is 2.66. The number of aliphatic carboxylic acids is 1. The van der Waals surface area contributed by atoms with E-state index in [1.807, 2.05) is 0 Å². The number of hydrogen-bond donors (Lipinski definition) is 1. The van der Waals surface area contributed by atoms with Crippen LogP contribution in [0.3, 0.4) is 0 Å². The van der Waals surface area contributed by atoms with E-state index >= 15 is 0 Å². The predicted molar refractivity (Wildman–Crippen MR) is 73.7 cm³/mol. The summed E-state index contributed by atoms with van der Waals surface area (Å²) >= 11 is 3.31. The van der Waals surface area contributed by atoms with Gasteiger partial charge in [0.05, 0.1) is 5.92 Å². The monoisotopic (exact) mass is 312 g/mol. The molecule has 0 unspecified atom stereocenters. The van der Waals surface area contributed by atoms with Gasteiger partial charge in [0, 0.05) is 16.0 Å². The molecular weight excluding hydrogens is 296 g/mol. The van der Waals surface area contributed by atoms with E-state index in [2.05, 4.69) is 15.9 Å². The van der Waals surface area contributed by atoms with E-state index in [-0.39, 0.29) is 19.1 Å². The minimum atomic E-state index is -0.849. The first-order valence-electron chi connectivity index (χ1n) is 5.62. The summed E-state index contributed by atoms with van der Waals surface area (Å²) in [6, 6.07) is 7.09. The van der Waals surface area contributed by atoms with E-state index in [1.54, 1.807) is 24.3 Å². The largest absolute Gasteiger partial charge is 0.481 e. The minimum Gasteiger partial charge on any atom is -0.481 e. The molecule has 1 aromatic rings. The molecule has 1 saturated carbocycles. The summed E-state index contributed by atoms with van der Waals surface area (Å²) in [5.41, 5.74) is 0.603. The number of ketones is 1. The number of carboxylic acids is 1. The fourth-order valence-electron chi connectivity index (χ4n) is 2.40. The first-order chi connectivity index (χ1) is 8.09. The fraction of sp³-hybridized carbons (Fsp3) is 0.429. The van der Waals surface area contributed by atoms with E-state index in [4.69, 9.17) is 5.11 Å². The lowest BCUT2D eigenvalue weighted by molar-refractivity contribution is -0.142. The summed E-state index contributed by atoms with van der Waals surface area (Å²) < 4.78 is 0.912. The Morgan fingerprint density at radius 3 is 2.22 bits per heavy atom. The molecule has 0 aliphatic heterocycles. The molecule has 0 aromatic heterocycles. The van der Waals surface area contributed by atoms with Gasteiger partial charge in [0.1, 0.15) is 0 Å². The molecular formula is C14H17BrO3. The first kappa shape index (κ1) is 14.9. The zero-order valence-electron chi connectivity index (χ0n) is 9.23. The van der Waals surface area contributed by atoms with Gasteiger partial charge in [-0.3, -0.25) is 9.59 Å². The quantitative estimate of drug-likeness (QED) is 0.864. The highest BCUT2D eigenvalue weighted by atomic mass is 79.9. The van der Waals surface area contributed by atoms with Crippen molar-refractivity contribution in [3.8, 4) is 0 Å². The maximum absolute atomic E-state index is 12.2. The second-order valence-corrected chi connectivity index (χ2v) is 5.27. The van der Waals surface area contributed by atoms with Crippen LogP contribution in [-0.4, -0.2) is 16.9 Å². The van der Waals surface area contributed by atoms with E-state index in [9.17, 15) is 9.59 Å². The molecule has 0 spiro atoms. The molecule has 1 aliphatic rings. The molecule has 1 aliphatic carbocycles. The van der Waals surface area contributed by atoms with Gasteiger partial charge in [-0.2, -0.15) is 0 Å². The van der Waals surface area contributed by atoms with Crippen LogP contribution < -0.4 is 0 Å². The van der Waals surface area contributed by atoms with Crippen LogP contribution in [0.5, 0.6) is 0 Å². The number of carboxylic acid groups (broad SMARTS) is 1. The smallest absolute Gasteiger partial charge is 0.307 e. The van der Waals surface area contributed by atoms with Crippen molar-refractivity contribution >= 4 is 27.7 Å². The van der Waals surface area contributed by atoms with Gasteiger partial charge in [-0.15, -0.1) is 0 Å². The molecule has 0 heterocycles. The molecule has 0 saturated heterocycles. The molecule has 2 rings (SSSR count). The Morgan fingerprint density at radius 2 is 1.67 bits per heavy atom. The summed E-state index contributed by atoms with van der Waals surface area (Å²) in [4.78, 5) is 23.2. The first-order valence-corrected chi connectivity index (χ1v) is 6.41. The summed E-state index contributed by atoms with van der Waals surface area (Å²) in [6.07, 6.45) is 2.12. The maximum Gasteiger partial charge on any atom is 0.307 e. The molecule has 2 atom stereocenters. The second-order valence-electron chi connectivity index (χ2n) is 4.35. The van der Waals surface area contributed by atoms with Crippen LogP contribution in [0.25, 0.3) is 0 Å². The van der Waals surface area contributed by atoms with Crippen LogP contribution in [-0.2, 0) is 4.79 Å².